The topological polar surface area (TPSA) is 89.7 Å². The Morgan fingerprint density at radius 2 is 1.94 bits per heavy atom. The van der Waals surface area contributed by atoms with Crippen molar-refractivity contribution in [2.24, 2.45) is 0 Å². The molecule has 0 saturated carbocycles. The van der Waals surface area contributed by atoms with E-state index in [1.54, 1.807) is 6.20 Å². The molecule has 0 aliphatic rings. The van der Waals surface area contributed by atoms with Gasteiger partial charge < -0.3 is 10.5 Å². The molecule has 0 bridgehead atoms. The van der Waals surface area contributed by atoms with E-state index in [0.717, 1.165) is 0 Å². The number of fused-ring (bicyclic) bond motifs is 1. The number of nitrogens with two attached hydrogens (primary N) is 1. The third kappa shape index (κ3) is 1.76. The molecule has 2 aromatic heterocycles. The van der Waals surface area contributed by atoms with Crippen molar-refractivity contribution in [3.63, 3.8) is 0 Å². The highest BCUT2D eigenvalue weighted by molar-refractivity contribution is 5.80. The third-order valence-electron chi connectivity index (χ3n) is 2.25. The number of nitrogens with zero attached hydrogens (tertiary/aromatic N) is 3. The van der Waals surface area contributed by atoms with E-state index in [1.807, 2.05) is 30.3 Å². The zero-order chi connectivity index (χ0) is 11.7. The Morgan fingerprint density at radius 1 is 1.12 bits per heavy atom. The summed E-state index contributed by atoms with van der Waals surface area (Å²) in [7, 11) is 0. The van der Waals surface area contributed by atoms with Crippen LogP contribution in [0.4, 0.5) is 5.95 Å². The number of aromatic amines is 1. The van der Waals surface area contributed by atoms with Crippen LogP contribution in [0.1, 0.15) is 0 Å². The van der Waals surface area contributed by atoms with Crippen LogP contribution in [-0.2, 0) is 0 Å². The highest BCUT2D eigenvalue weighted by atomic mass is 16.5. The van der Waals surface area contributed by atoms with Gasteiger partial charge in [-0.05, 0) is 12.1 Å². The standard InChI is InChI=1S/C11H9N5O/c12-11-14-9-8(6-13-16-9)10(15-11)17-7-4-2-1-3-5-7/h1-6H,(H3,12,13,14,15,16). The van der Waals surface area contributed by atoms with Crippen LogP contribution in [-0.4, -0.2) is 20.2 Å². The van der Waals surface area contributed by atoms with Gasteiger partial charge in [0.15, 0.2) is 5.65 Å². The average molecular weight is 227 g/mol. The highest BCUT2D eigenvalue weighted by Crippen LogP contribution is 2.26. The Balaban J connectivity index is 2.08. The number of nitrogen functional groups attached to an aromatic ring is 1. The van der Waals surface area contributed by atoms with Crippen LogP contribution in [0.3, 0.4) is 0 Å². The quantitative estimate of drug-likeness (QED) is 0.695. The molecule has 0 atom stereocenters. The summed E-state index contributed by atoms with van der Waals surface area (Å²) in [5, 5.41) is 7.30. The first-order chi connectivity index (χ1) is 8.33. The molecule has 0 aliphatic carbocycles. The molecule has 0 amide bonds. The normalized spacial score (nSPS) is 10.6. The molecular formula is C11H9N5O. The lowest BCUT2D eigenvalue weighted by Gasteiger charge is -2.05. The number of benzene rings is 1. The van der Waals surface area contributed by atoms with Gasteiger partial charge in [0.25, 0.3) is 0 Å². The van der Waals surface area contributed by atoms with Crippen LogP contribution in [0.5, 0.6) is 11.6 Å². The van der Waals surface area contributed by atoms with Gasteiger partial charge in [0, 0.05) is 0 Å². The Morgan fingerprint density at radius 3 is 2.76 bits per heavy atom. The summed E-state index contributed by atoms with van der Waals surface area (Å²) in [6.45, 7) is 0. The SMILES string of the molecule is Nc1nc(Oc2ccccc2)c2cn[nH]c2n1. The lowest BCUT2D eigenvalue weighted by atomic mass is 10.3. The van der Waals surface area contributed by atoms with Gasteiger partial charge in [-0.2, -0.15) is 15.1 Å². The average Bonchev–Trinajstić information content (AvgIpc) is 2.78. The first kappa shape index (κ1) is 9.59. The predicted octanol–water partition coefficient (Wildman–Crippen LogP) is 1.73. The molecule has 0 unspecified atom stereocenters. The second-order valence-electron chi connectivity index (χ2n) is 3.43. The predicted molar refractivity (Wildman–Crippen MR) is 62.6 cm³/mol. The number of hydrogen-bond acceptors (Lipinski definition) is 5. The largest absolute Gasteiger partial charge is 0.438 e. The second kappa shape index (κ2) is 3.75. The summed E-state index contributed by atoms with van der Waals surface area (Å²) in [5.41, 5.74) is 6.15. The summed E-state index contributed by atoms with van der Waals surface area (Å²) in [6, 6.07) is 9.35. The van der Waals surface area contributed by atoms with Gasteiger partial charge in [-0.25, -0.2) is 0 Å². The van der Waals surface area contributed by atoms with E-state index >= 15 is 0 Å². The van der Waals surface area contributed by atoms with Crippen molar-refractivity contribution in [2.45, 2.75) is 0 Å². The lowest BCUT2D eigenvalue weighted by molar-refractivity contribution is 0.469. The molecule has 17 heavy (non-hydrogen) atoms. The van der Waals surface area contributed by atoms with Gasteiger partial charge in [0.1, 0.15) is 11.1 Å². The van der Waals surface area contributed by atoms with Gasteiger partial charge in [-0.3, -0.25) is 5.10 Å². The maximum atomic E-state index is 5.64. The minimum absolute atomic E-state index is 0.146. The molecule has 0 radical (unpaired) electrons. The zero-order valence-corrected chi connectivity index (χ0v) is 8.79. The van der Waals surface area contributed by atoms with Crippen molar-refractivity contribution in [1.82, 2.24) is 20.2 Å². The van der Waals surface area contributed by atoms with Crippen molar-refractivity contribution in [1.29, 1.82) is 0 Å². The smallest absolute Gasteiger partial charge is 0.235 e. The molecule has 1 aromatic carbocycles. The zero-order valence-electron chi connectivity index (χ0n) is 8.79. The van der Waals surface area contributed by atoms with Crippen molar-refractivity contribution in [2.75, 3.05) is 5.73 Å². The molecular weight excluding hydrogens is 218 g/mol. The summed E-state index contributed by atoms with van der Waals surface area (Å²) in [5.74, 6) is 1.23. The summed E-state index contributed by atoms with van der Waals surface area (Å²) < 4.78 is 5.64. The summed E-state index contributed by atoms with van der Waals surface area (Å²) in [6.07, 6.45) is 1.60. The maximum Gasteiger partial charge on any atom is 0.235 e. The minimum Gasteiger partial charge on any atom is -0.438 e. The van der Waals surface area contributed by atoms with E-state index in [2.05, 4.69) is 20.2 Å². The van der Waals surface area contributed by atoms with Gasteiger partial charge in [-0.15, -0.1) is 0 Å². The molecule has 0 spiro atoms. The van der Waals surface area contributed by atoms with Crippen LogP contribution in [0, 0.1) is 0 Å². The molecule has 84 valence electrons. The molecule has 0 saturated heterocycles. The molecule has 3 aromatic rings. The highest BCUT2D eigenvalue weighted by Gasteiger charge is 2.09. The molecule has 2 heterocycles. The van der Waals surface area contributed by atoms with Crippen LogP contribution in [0.15, 0.2) is 36.5 Å². The molecule has 0 aliphatic heterocycles. The Bertz CT molecular complexity index is 649. The fourth-order valence-corrected chi connectivity index (χ4v) is 1.50. The van der Waals surface area contributed by atoms with Gasteiger partial charge in [0.05, 0.1) is 6.20 Å². The second-order valence-corrected chi connectivity index (χ2v) is 3.43. The van der Waals surface area contributed by atoms with E-state index in [-0.39, 0.29) is 5.95 Å². The minimum atomic E-state index is 0.146. The van der Waals surface area contributed by atoms with Crippen LogP contribution in [0.2, 0.25) is 0 Å². The first-order valence-corrected chi connectivity index (χ1v) is 5.02. The molecule has 3 rings (SSSR count). The molecule has 6 nitrogen and oxygen atoms in total. The van der Waals surface area contributed by atoms with Gasteiger partial charge in [0.2, 0.25) is 11.8 Å². The fraction of sp³-hybridized carbons (Fsp3) is 0. The van der Waals surface area contributed by atoms with E-state index in [0.29, 0.717) is 22.7 Å². The van der Waals surface area contributed by atoms with Crippen molar-refractivity contribution < 1.29 is 4.74 Å². The van der Waals surface area contributed by atoms with E-state index < -0.39 is 0 Å². The number of rotatable bonds is 2. The Labute approximate surface area is 96.5 Å². The molecule has 6 heteroatoms. The van der Waals surface area contributed by atoms with E-state index in [4.69, 9.17) is 10.5 Å². The number of nitrogens with one attached hydrogen (secondary N) is 1. The molecule has 3 N–H and O–H groups in total. The number of para-hydroxylation sites is 1. The first-order valence-electron chi connectivity index (χ1n) is 5.02. The van der Waals surface area contributed by atoms with Crippen LogP contribution >= 0.6 is 0 Å². The number of aromatic nitrogens is 4. The Hall–Kier alpha value is -2.63. The summed E-state index contributed by atoms with van der Waals surface area (Å²) in [4.78, 5) is 8.06. The summed E-state index contributed by atoms with van der Waals surface area (Å²) >= 11 is 0. The van der Waals surface area contributed by atoms with Crippen molar-refractivity contribution >= 4 is 17.0 Å². The van der Waals surface area contributed by atoms with E-state index in [1.165, 1.54) is 0 Å². The lowest BCUT2D eigenvalue weighted by Crippen LogP contribution is -1.97. The van der Waals surface area contributed by atoms with E-state index in [9.17, 15) is 0 Å². The van der Waals surface area contributed by atoms with Crippen LogP contribution < -0.4 is 10.5 Å². The van der Waals surface area contributed by atoms with Gasteiger partial charge in [-0.1, -0.05) is 18.2 Å². The van der Waals surface area contributed by atoms with Crippen LogP contribution in [0.25, 0.3) is 11.0 Å². The maximum absolute atomic E-state index is 5.64. The fourth-order valence-electron chi connectivity index (χ4n) is 1.50. The number of H-pyrrole nitrogens is 1. The van der Waals surface area contributed by atoms with Gasteiger partial charge >= 0.3 is 0 Å². The monoisotopic (exact) mass is 227 g/mol. The number of ether oxygens (including phenoxy) is 1. The number of hydrogen-bond donors (Lipinski definition) is 2. The van der Waals surface area contributed by atoms with Crippen molar-refractivity contribution in [3.8, 4) is 11.6 Å². The Kier molecular flexibility index (Phi) is 2.11. The third-order valence-corrected chi connectivity index (χ3v) is 2.25. The van der Waals surface area contributed by atoms with Crippen molar-refractivity contribution in [3.05, 3.63) is 36.5 Å². The molecule has 0 fully saturated rings. The number of anilines is 1.